The minimum absolute atomic E-state index is 0.0358. The first-order chi connectivity index (χ1) is 14.4. The second kappa shape index (κ2) is 9.67. The van der Waals surface area contributed by atoms with Gasteiger partial charge in [-0.1, -0.05) is 41.9 Å². The fraction of sp³-hybridized carbons (Fsp3) is 0.273. The lowest BCUT2D eigenvalue weighted by molar-refractivity contribution is -0.142. The number of carbonyl (C=O) groups is 1. The fourth-order valence-electron chi connectivity index (χ4n) is 2.81. The van der Waals surface area contributed by atoms with Crippen molar-refractivity contribution in [3.8, 4) is 5.75 Å². The van der Waals surface area contributed by atoms with Gasteiger partial charge in [-0.05, 0) is 36.8 Å². The molecule has 8 heteroatoms. The molecule has 0 aliphatic heterocycles. The van der Waals surface area contributed by atoms with Gasteiger partial charge in [-0.15, -0.1) is 0 Å². The van der Waals surface area contributed by atoms with Crippen LogP contribution in [0.1, 0.15) is 37.6 Å². The predicted molar refractivity (Wildman–Crippen MR) is 119 cm³/mol. The van der Waals surface area contributed by atoms with Crippen LogP contribution in [0.25, 0.3) is 10.9 Å². The van der Waals surface area contributed by atoms with Gasteiger partial charge >= 0.3 is 5.97 Å². The molecule has 0 fully saturated rings. The van der Waals surface area contributed by atoms with Crippen molar-refractivity contribution in [2.24, 2.45) is 5.10 Å². The zero-order valence-corrected chi connectivity index (χ0v) is 18.5. The number of para-hydroxylation sites is 1. The second-order valence-electron chi connectivity index (χ2n) is 6.70. The molecule has 3 aromatic rings. The summed E-state index contributed by atoms with van der Waals surface area (Å²) in [7, 11) is 1.30. The zero-order valence-electron chi connectivity index (χ0n) is 17.0. The molecule has 30 heavy (non-hydrogen) atoms. The first-order valence-electron chi connectivity index (χ1n) is 9.49. The van der Waals surface area contributed by atoms with Crippen LogP contribution in [0.15, 0.2) is 56.8 Å². The molecule has 7 nitrogen and oxygen atoms in total. The Kier molecular flexibility index (Phi) is 6.99. The Hall–Kier alpha value is -3.00. The fourth-order valence-corrected chi connectivity index (χ4v) is 3.17. The molecule has 156 valence electrons. The number of methoxy groups -OCH3 is 1. The van der Waals surface area contributed by atoms with Crippen molar-refractivity contribution in [1.29, 1.82) is 0 Å². The molecule has 0 bridgehead atoms. The molecule has 1 atom stereocenters. The van der Waals surface area contributed by atoms with E-state index in [9.17, 15) is 9.59 Å². The molecular formula is C22H22BrN3O4. The van der Waals surface area contributed by atoms with Gasteiger partial charge in [0.2, 0.25) is 0 Å². The third-order valence-corrected chi connectivity index (χ3v) is 5.18. The van der Waals surface area contributed by atoms with Crippen molar-refractivity contribution < 1.29 is 14.3 Å². The highest BCUT2D eigenvalue weighted by atomic mass is 79.9. The summed E-state index contributed by atoms with van der Waals surface area (Å²) in [5, 5.41) is 4.91. The van der Waals surface area contributed by atoms with Gasteiger partial charge in [-0.3, -0.25) is 4.79 Å². The number of ether oxygens (including phenoxy) is 2. The molecule has 0 N–H and O–H groups in total. The number of nitrogens with zero attached hydrogens (tertiary/aromatic N) is 3. The lowest BCUT2D eigenvalue weighted by Gasteiger charge is -2.14. The molecule has 0 unspecified atom stereocenters. The first-order valence-corrected chi connectivity index (χ1v) is 10.3. The van der Waals surface area contributed by atoms with Crippen LogP contribution >= 0.6 is 15.9 Å². The number of carbonyl (C=O) groups excluding carboxylic acids is 1. The van der Waals surface area contributed by atoms with Crippen molar-refractivity contribution in [2.45, 2.75) is 26.2 Å². The summed E-state index contributed by atoms with van der Waals surface area (Å²) in [6.45, 7) is 3.82. The van der Waals surface area contributed by atoms with Gasteiger partial charge in [-0.2, -0.15) is 9.78 Å². The van der Waals surface area contributed by atoms with Gasteiger partial charge in [0.25, 0.3) is 5.56 Å². The average molecular weight is 472 g/mol. The number of hydrogen-bond acceptors (Lipinski definition) is 6. The molecule has 1 aromatic heterocycles. The van der Waals surface area contributed by atoms with Crippen LogP contribution in [0.3, 0.4) is 0 Å². The Balaban J connectivity index is 2.07. The molecule has 0 aliphatic carbocycles. The molecule has 0 aliphatic rings. The normalized spacial score (nSPS) is 12.3. The van der Waals surface area contributed by atoms with Gasteiger partial charge in [0.15, 0.2) is 6.61 Å². The maximum Gasteiger partial charge on any atom is 0.343 e. The van der Waals surface area contributed by atoms with Crippen molar-refractivity contribution in [2.75, 3.05) is 13.7 Å². The maximum absolute atomic E-state index is 13.2. The summed E-state index contributed by atoms with van der Waals surface area (Å²) >= 11 is 3.40. The van der Waals surface area contributed by atoms with Crippen LogP contribution in [-0.2, 0) is 9.53 Å². The summed E-state index contributed by atoms with van der Waals surface area (Å²) in [4.78, 5) is 29.3. The van der Waals surface area contributed by atoms with Crippen molar-refractivity contribution in [3.05, 3.63) is 68.7 Å². The first kappa shape index (κ1) is 21.7. The van der Waals surface area contributed by atoms with E-state index in [1.54, 1.807) is 24.3 Å². The highest BCUT2D eigenvalue weighted by Gasteiger charge is 2.16. The highest BCUT2D eigenvalue weighted by Crippen LogP contribution is 2.21. The maximum atomic E-state index is 13.2. The molecule has 1 heterocycles. The zero-order chi connectivity index (χ0) is 21.7. The largest absolute Gasteiger partial charge is 0.481 e. The Morgan fingerprint density at radius 2 is 2.07 bits per heavy atom. The summed E-state index contributed by atoms with van der Waals surface area (Å²) in [6.07, 6.45) is 2.34. The topological polar surface area (TPSA) is 82.8 Å². The van der Waals surface area contributed by atoms with Crippen LogP contribution in [-0.4, -0.2) is 35.6 Å². The van der Waals surface area contributed by atoms with Gasteiger partial charge < -0.3 is 9.47 Å². The summed E-state index contributed by atoms with van der Waals surface area (Å²) in [5.41, 5.74) is 1.00. The summed E-state index contributed by atoms with van der Waals surface area (Å²) < 4.78 is 12.3. The standard InChI is InChI=1S/C22H22BrN3O4/c1-4-14(2)21-25-18-10-9-16(23)11-17(18)22(28)26(21)24-12-15-7-5-6-8-19(15)30-13-20(27)29-3/h5-12,14H,4,13H2,1-3H3/t14-/m0/s1. The van der Waals surface area contributed by atoms with E-state index in [-0.39, 0.29) is 18.1 Å². The van der Waals surface area contributed by atoms with E-state index in [2.05, 4.69) is 30.8 Å². The van der Waals surface area contributed by atoms with Crippen LogP contribution < -0.4 is 10.3 Å². The van der Waals surface area contributed by atoms with E-state index in [1.165, 1.54) is 18.0 Å². The van der Waals surface area contributed by atoms with Crippen LogP contribution in [0.2, 0.25) is 0 Å². The molecule has 0 radical (unpaired) electrons. The van der Waals surface area contributed by atoms with E-state index in [1.807, 2.05) is 32.0 Å². The summed E-state index contributed by atoms with van der Waals surface area (Å²) in [5.74, 6) is 0.595. The van der Waals surface area contributed by atoms with Gasteiger partial charge in [0, 0.05) is 16.0 Å². The van der Waals surface area contributed by atoms with E-state index in [4.69, 9.17) is 4.74 Å². The van der Waals surface area contributed by atoms with Crippen molar-refractivity contribution in [3.63, 3.8) is 0 Å². The number of benzene rings is 2. The molecule has 0 amide bonds. The number of aromatic nitrogens is 2. The van der Waals surface area contributed by atoms with E-state index in [0.29, 0.717) is 28.0 Å². The Bertz CT molecular complexity index is 1160. The van der Waals surface area contributed by atoms with Gasteiger partial charge in [0.1, 0.15) is 11.6 Å². The second-order valence-corrected chi connectivity index (χ2v) is 7.62. The smallest absolute Gasteiger partial charge is 0.343 e. The minimum Gasteiger partial charge on any atom is -0.481 e. The lowest BCUT2D eigenvalue weighted by Crippen LogP contribution is -2.23. The molecular weight excluding hydrogens is 450 g/mol. The molecule has 0 spiro atoms. The lowest BCUT2D eigenvalue weighted by atomic mass is 10.1. The third-order valence-electron chi connectivity index (χ3n) is 4.69. The molecule has 0 saturated carbocycles. The molecule has 2 aromatic carbocycles. The van der Waals surface area contributed by atoms with Crippen molar-refractivity contribution >= 4 is 39.0 Å². The number of halogens is 1. The average Bonchev–Trinajstić information content (AvgIpc) is 2.77. The molecule has 3 rings (SSSR count). The number of hydrogen-bond donors (Lipinski definition) is 0. The Morgan fingerprint density at radius 3 is 2.80 bits per heavy atom. The van der Waals surface area contributed by atoms with Crippen molar-refractivity contribution in [1.82, 2.24) is 9.66 Å². The van der Waals surface area contributed by atoms with E-state index >= 15 is 0 Å². The number of fused-ring (bicyclic) bond motifs is 1. The summed E-state index contributed by atoms with van der Waals surface area (Å²) in [6, 6.07) is 12.5. The van der Waals surface area contributed by atoms with Gasteiger partial charge in [0.05, 0.1) is 24.2 Å². The number of esters is 1. The minimum atomic E-state index is -0.485. The van der Waals surface area contributed by atoms with Crippen LogP contribution in [0, 0.1) is 0 Å². The number of rotatable bonds is 7. The Morgan fingerprint density at radius 1 is 1.30 bits per heavy atom. The monoisotopic (exact) mass is 471 g/mol. The Labute approximate surface area is 182 Å². The van der Waals surface area contributed by atoms with Gasteiger partial charge in [-0.25, -0.2) is 9.78 Å². The van der Waals surface area contributed by atoms with Crippen LogP contribution in [0.4, 0.5) is 0 Å². The van der Waals surface area contributed by atoms with E-state index < -0.39 is 5.97 Å². The van der Waals surface area contributed by atoms with E-state index in [0.717, 1.165) is 10.9 Å². The quantitative estimate of drug-likeness (QED) is 0.382. The van der Waals surface area contributed by atoms with Crippen LogP contribution in [0.5, 0.6) is 5.75 Å². The third kappa shape index (κ3) is 4.76. The molecule has 0 saturated heterocycles. The predicted octanol–water partition coefficient (Wildman–Crippen LogP) is 4.11. The highest BCUT2D eigenvalue weighted by molar-refractivity contribution is 9.10. The SMILES string of the molecule is CC[C@H](C)c1nc2ccc(Br)cc2c(=O)n1N=Cc1ccccc1OCC(=O)OC.